The van der Waals surface area contributed by atoms with Crippen LogP contribution in [0.1, 0.15) is 49.9 Å². The van der Waals surface area contributed by atoms with Gasteiger partial charge in [-0.05, 0) is 70.1 Å². The summed E-state index contributed by atoms with van der Waals surface area (Å²) in [6.07, 6.45) is 8.34. The van der Waals surface area contributed by atoms with Crippen LogP contribution < -0.4 is 5.32 Å². The summed E-state index contributed by atoms with van der Waals surface area (Å²) in [5.41, 5.74) is 1.27. The Bertz CT molecular complexity index is 520. The van der Waals surface area contributed by atoms with E-state index in [2.05, 4.69) is 15.3 Å². The molecule has 0 saturated heterocycles. The molecule has 5 rings (SSSR count). The predicted molar refractivity (Wildman–Crippen MR) is 81.0 cm³/mol. The van der Waals surface area contributed by atoms with E-state index in [-0.39, 0.29) is 5.54 Å². The lowest BCUT2D eigenvalue weighted by Gasteiger charge is -2.57. The Morgan fingerprint density at radius 1 is 1.00 bits per heavy atom. The van der Waals surface area contributed by atoms with Crippen LogP contribution >= 0.6 is 11.6 Å². The van der Waals surface area contributed by atoms with Crippen LogP contribution in [0, 0.1) is 31.6 Å². The minimum Gasteiger partial charge on any atom is -0.364 e. The number of aromatic nitrogens is 2. The lowest BCUT2D eigenvalue weighted by Crippen LogP contribution is -2.55. The van der Waals surface area contributed by atoms with Crippen molar-refractivity contribution in [3.8, 4) is 0 Å². The molecule has 20 heavy (non-hydrogen) atoms. The second kappa shape index (κ2) is 4.33. The Morgan fingerprint density at radius 3 is 2.10 bits per heavy atom. The van der Waals surface area contributed by atoms with Crippen LogP contribution in [0.15, 0.2) is 0 Å². The Morgan fingerprint density at radius 2 is 1.55 bits per heavy atom. The maximum Gasteiger partial charge on any atom is 0.137 e. The maximum absolute atomic E-state index is 6.21. The summed E-state index contributed by atoms with van der Waals surface area (Å²) in [4.78, 5) is 8.85. The average Bonchev–Trinajstić information content (AvgIpc) is 2.33. The summed E-state index contributed by atoms with van der Waals surface area (Å²) in [6.45, 7) is 3.93. The summed E-state index contributed by atoms with van der Waals surface area (Å²) in [5.74, 6) is 4.53. The average molecular weight is 292 g/mol. The quantitative estimate of drug-likeness (QED) is 0.833. The molecule has 0 atom stereocenters. The van der Waals surface area contributed by atoms with Crippen LogP contribution in [0.2, 0.25) is 5.15 Å². The molecule has 0 unspecified atom stereocenters. The molecule has 1 heterocycles. The smallest absolute Gasteiger partial charge is 0.137 e. The number of anilines is 1. The van der Waals surface area contributed by atoms with Crippen molar-refractivity contribution in [3.63, 3.8) is 0 Å². The van der Waals surface area contributed by atoms with E-state index in [1.54, 1.807) is 0 Å². The molecule has 4 heteroatoms. The first-order chi connectivity index (χ1) is 9.53. The fraction of sp³-hybridized carbons (Fsp3) is 0.750. The first kappa shape index (κ1) is 12.9. The van der Waals surface area contributed by atoms with Crippen molar-refractivity contribution in [3.05, 3.63) is 16.5 Å². The van der Waals surface area contributed by atoms with Crippen molar-refractivity contribution < 1.29 is 0 Å². The van der Waals surface area contributed by atoms with Gasteiger partial charge in [-0.3, -0.25) is 0 Å². The molecule has 1 aromatic rings. The first-order valence-electron chi connectivity index (χ1n) is 7.82. The van der Waals surface area contributed by atoms with Gasteiger partial charge in [0.05, 0.1) is 0 Å². The summed E-state index contributed by atoms with van der Waals surface area (Å²) in [5, 5.41) is 4.39. The highest BCUT2D eigenvalue weighted by molar-refractivity contribution is 6.30. The highest BCUT2D eigenvalue weighted by atomic mass is 35.5. The maximum atomic E-state index is 6.21. The SMILES string of the molecule is Cc1nc(Cl)c(C)c(NC23CC4CC(CC(C4)C2)C3)n1. The van der Waals surface area contributed by atoms with Gasteiger partial charge < -0.3 is 5.32 Å². The highest BCUT2D eigenvalue weighted by Gasteiger charge is 2.51. The molecule has 4 aliphatic carbocycles. The Hall–Kier alpha value is -0.830. The van der Waals surface area contributed by atoms with E-state index < -0.39 is 0 Å². The van der Waals surface area contributed by atoms with E-state index in [9.17, 15) is 0 Å². The molecular weight excluding hydrogens is 270 g/mol. The molecule has 0 spiro atoms. The topological polar surface area (TPSA) is 37.8 Å². The highest BCUT2D eigenvalue weighted by Crippen LogP contribution is 2.56. The summed E-state index contributed by atoms with van der Waals surface area (Å²) in [7, 11) is 0. The van der Waals surface area contributed by atoms with Crippen LogP contribution in [-0.2, 0) is 0 Å². The molecule has 4 saturated carbocycles. The van der Waals surface area contributed by atoms with E-state index in [0.29, 0.717) is 5.15 Å². The van der Waals surface area contributed by atoms with E-state index in [4.69, 9.17) is 11.6 Å². The minimum atomic E-state index is 0.281. The van der Waals surface area contributed by atoms with Crippen molar-refractivity contribution in [2.45, 2.75) is 57.9 Å². The molecule has 1 N–H and O–H groups in total. The van der Waals surface area contributed by atoms with Crippen molar-refractivity contribution in [1.82, 2.24) is 9.97 Å². The van der Waals surface area contributed by atoms with Crippen molar-refractivity contribution in [2.24, 2.45) is 17.8 Å². The van der Waals surface area contributed by atoms with Gasteiger partial charge in [0.1, 0.15) is 16.8 Å². The van der Waals surface area contributed by atoms with Gasteiger partial charge in [-0.2, -0.15) is 0 Å². The minimum absolute atomic E-state index is 0.281. The molecule has 4 aliphatic rings. The van der Waals surface area contributed by atoms with Gasteiger partial charge in [0, 0.05) is 11.1 Å². The van der Waals surface area contributed by atoms with Gasteiger partial charge in [0.25, 0.3) is 0 Å². The fourth-order valence-corrected chi connectivity index (χ4v) is 5.44. The number of aryl methyl sites for hydroxylation is 1. The molecule has 0 aromatic carbocycles. The standard InChI is InChI=1S/C16H22ClN3/c1-9-14(17)18-10(2)19-15(9)20-16-6-11-3-12(7-16)5-13(4-11)8-16/h11-13H,3-8H2,1-2H3,(H,18,19,20). The number of hydrogen-bond donors (Lipinski definition) is 1. The summed E-state index contributed by atoms with van der Waals surface area (Å²) >= 11 is 6.21. The van der Waals surface area contributed by atoms with Crippen LogP contribution in [-0.4, -0.2) is 15.5 Å². The largest absolute Gasteiger partial charge is 0.364 e. The number of hydrogen-bond acceptors (Lipinski definition) is 3. The first-order valence-corrected chi connectivity index (χ1v) is 8.20. The lowest BCUT2D eigenvalue weighted by atomic mass is 9.53. The van der Waals surface area contributed by atoms with E-state index in [1.807, 2.05) is 13.8 Å². The zero-order valence-electron chi connectivity index (χ0n) is 12.2. The molecule has 1 aromatic heterocycles. The van der Waals surface area contributed by atoms with Crippen LogP contribution in [0.5, 0.6) is 0 Å². The lowest BCUT2D eigenvalue weighted by molar-refractivity contribution is 0.0105. The number of halogens is 1. The van der Waals surface area contributed by atoms with Crippen molar-refractivity contribution >= 4 is 17.4 Å². The van der Waals surface area contributed by atoms with Crippen LogP contribution in [0.4, 0.5) is 5.82 Å². The van der Waals surface area contributed by atoms with Crippen molar-refractivity contribution in [1.29, 1.82) is 0 Å². The van der Waals surface area contributed by atoms with Gasteiger partial charge in [-0.15, -0.1) is 0 Å². The third kappa shape index (κ3) is 2.02. The molecule has 0 amide bonds. The summed E-state index contributed by atoms with van der Waals surface area (Å²) < 4.78 is 0. The van der Waals surface area contributed by atoms with E-state index in [1.165, 1.54) is 38.5 Å². The van der Waals surface area contributed by atoms with Crippen LogP contribution in [0.25, 0.3) is 0 Å². The third-order valence-electron chi connectivity index (χ3n) is 5.62. The summed E-state index contributed by atoms with van der Waals surface area (Å²) in [6, 6.07) is 0. The van der Waals surface area contributed by atoms with Gasteiger partial charge in [-0.25, -0.2) is 9.97 Å². The Kier molecular flexibility index (Phi) is 2.79. The molecule has 3 nitrogen and oxygen atoms in total. The van der Waals surface area contributed by atoms with E-state index in [0.717, 1.165) is 35.0 Å². The van der Waals surface area contributed by atoms with E-state index >= 15 is 0 Å². The second-order valence-electron chi connectivity index (χ2n) is 7.36. The van der Waals surface area contributed by atoms with Gasteiger partial charge >= 0.3 is 0 Å². The molecule has 0 radical (unpaired) electrons. The molecule has 4 bridgehead atoms. The normalized spacial score (nSPS) is 38.2. The van der Waals surface area contributed by atoms with Gasteiger partial charge in [-0.1, -0.05) is 11.6 Å². The number of nitrogens with one attached hydrogen (secondary N) is 1. The van der Waals surface area contributed by atoms with Gasteiger partial charge in [0.15, 0.2) is 0 Å². The molecular formula is C16H22ClN3. The molecule has 0 aliphatic heterocycles. The monoisotopic (exact) mass is 291 g/mol. The molecule has 4 fully saturated rings. The Labute approximate surface area is 125 Å². The Balaban J connectivity index is 1.66. The zero-order valence-corrected chi connectivity index (χ0v) is 13.0. The second-order valence-corrected chi connectivity index (χ2v) is 7.72. The number of rotatable bonds is 2. The molecule has 108 valence electrons. The van der Waals surface area contributed by atoms with Crippen LogP contribution in [0.3, 0.4) is 0 Å². The van der Waals surface area contributed by atoms with Crippen molar-refractivity contribution in [2.75, 3.05) is 5.32 Å². The zero-order chi connectivity index (χ0) is 13.9. The third-order valence-corrected chi connectivity index (χ3v) is 5.99. The number of nitrogens with zero attached hydrogens (tertiary/aromatic N) is 2. The predicted octanol–water partition coefficient (Wildman–Crippen LogP) is 4.13. The fourth-order valence-electron chi connectivity index (χ4n) is 5.23. The van der Waals surface area contributed by atoms with Gasteiger partial charge in [0.2, 0.25) is 0 Å².